The molecular formula is C12H15N3O6S. The second kappa shape index (κ2) is 5.29. The van der Waals surface area contributed by atoms with Crippen LogP contribution in [0.1, 0.15) is 12.0 Å². The Morgan fingerprint density at radius 1 is 1.50 bits per heavy atom. The Bertz CT molecular complexity index is 727. The fourth-order valence-electron chi connectivity index (χ4n) is 2.22. The number of hydrogen-bond donors (Lipinski definition) is 1. The number of fused-ring (bicyclic) bond motifs is 1. The van der Waals surface area contributed by atoms with Crippen molar-refractivity contribution in [2.24, 2.45) is 4.40 Å². The molecule has 0 unspecified atom stereocenters. The van der Waals surface area contributed by atoms with Gasteiger partial charge in [-0.1, -0.05) is 0 Å². The maximum absolute atomic E-state index is 11.8. The Balaban J connectivity index is 2.06. The van der Waals surface area contributed by atoms with Crippen LogP contribution in [0, 0.1) is 0 Å². The van der Waals surface area contributed by atoms with Gasteiger partial charge >= 0.3 is 10.2 Å². The van der Waals surface area contributed by atoms with Crippen LogP contribution in [0.15, 0.2) is 10.5 Å². The summed E-state index contributed by atoms with van der Waals surface area (Å²) in [6, 6.07) is 1.46. The highest BCUT2D eigenvalue weighted by Gasteiger charge is 2.32. The Morgan fingerprint density at radius 3 is 2.91 bits per heavy atom. The molecule has 2 aliphatic heterocycles. The van der Waals surface area contributed by atoms with Crippen molar-refractivity contribution in [2.45, 2.75) is 12.5 Å². The molecule has 3 heterocycles. The molecule has 0 radical (unpaired) electrons. The van der Waals surface area contributed by atoms with Gasteiger partial charge in [-0.2, -0.15) is 13.4 Å². The van der Waals surface area contributed by atoms with Gasteiger partial charge in [0.15, 0.2) is 11.6 Å². The number of aliphatic hydroxyl groups excluding tert-OH is 1. The monoisotopic (exact) mass is 329 g/mol. The average molecular weight is 329 g/mol. The van der Waals surface area contributed by atoms with Crippen molar-refractivity contribution < 1.29 is 27.7 Å². The molecule has 0 aromatic carbocycles. The second-order valence-corrected chi connectivity index (χ2v) is 6.46. The fourth-order valence-corrected chi connectivity index (χ4v) is 3.02. The lowest BCUT2D eigenvalue weighted by atomic mass is 10.2. The van der Waals surface area contributed by atoms with Crippen molar-refractivity contribution in [1.82, 2.24) is 4.98 Å². The van der Waals surface area contributed by atoms with E-state index in [1.54, 1.807) is 0 Å². The van der Waals surface area contributed by atoms with Crippen LogP contribution in [-0.4, -0.2) is 57.9 Å². The number of pyridine rings is 1. The summed E-state index contributed by atoms with van der Waals surface area (Å²) in [5.41, 5.74) is 0.159. The predicted molar refractivity (Wildman–Crippen MR) is 77.1 cm³/mol. The van der Waals surface area contributed by atoms with E-state index in [4.69, 9.17) is 14.2 Å². The molecule has 3 rings (SSSR count). The minimum absolute atomic E-state index is 0.0272. The normalized spacial score (nSPS) is 22.9. The molecule has 1 atom stereocenters. The smallest absolute Gasteiger partial charge is 0.349 e. The van der Waals surface area contributed by atoms with Crippen LogP contribution in [0.4, 0.5) is 5.82 Å². The summed E-state index contributed by atoms with van der Waals surface area (Å²) in [6.07, 6.45) is 0.590. The van der Waals surface area contributed by atoms with E-state index in [9.17, 15) is 13.5 Å². The van der Waals surface area contributed by atoms with Crippen molar-refractivity contribution in [3.05, 3.63) is 11.6 Å². The molecule has 1 fully saturated rings. The van der Waals surface area contributed by atoms with Gasteiger partial charge in [-0.25, -0.2) is 4.31 Å². The number of ether oxygens (including phenoxy) is 3. The maximum Gasteiger partial charge on any atom is 0.349 e. The van der Waals surface area contributed by atoms with E-state index >= 15 is 0 Å². The third-order valence-electron chi connectivity index (χ3n) is 3.40. The maximum atomic E-state index is 11.8. The number of aliphatic hydroxyl groups is 1. The molecule has 1 aromatic heterocycles. The second-order valence-electron chi connectivity index (χ2n) is 4.83. The lowest BCUT2D eigenvalue weighted by Gasteiger charge is -2.24. The molecule has 120 valence electrons. The minimum atomic E-state index is -3.99. The van der Waals surface area contributed by atoms with Crippen LogP contribution in [-0.2, 0) is 14.9 Å². The van der Waals surface area contributed by atoms with Gasteiger partial charge in [-0.15, -0.1) is 4.40 Å². The molecule has 0 spiro atoms. The van der Waals surface area contributed by atoms with E-state index in [-0.39, 0.29) is 23.4 Å². The highest BCUT2D eigenvalue weighted by atomic mass is 32.2. The highest BCUT2D eigenvalue weighted by molar-refractivity contribution is 7.91. The van der Waals surface area contributed by atoms with Crippen LogP contribution in [0.5, 0.6) is 11.6 Å². The van der Waals surface area contributed by atoms with Crippen LogP contribution in [0.2, 0.25) is 0 Å². The number of anilines is 1. The summed E-state index contributed by atoms with van der Waals surface area (Å²) >= 11 is 0. The standard InChI is InChI=1S/C12H15N3O6S/c1-15-10-8(11(16)14-22(15,17)18)5-9(12(13-10)19-2)21-7-3-4-20-6-7/h5,7H,3-4,6H2,1-2H3,(H,14,16)/t7-/m0/s1. The first kappa shape index (κ1) is 14.9. The van der Waals surface area contributed by atoms with Crippen LogP contribution >= 0.6 is 0 Å². The van der Waals surface area contributed by atoms with Crippen molar-refractivity contribution in [1.29, 1.82) is 0 Å². The molecule has 22 heavy (non-hydrogen) atoms. The van der Waals surface area contributed by atoms with Gasteiger partial charge in [0.25, 0.3) is 5.88 Å². The molecule has 0 amide bonds. The summed E-state index contributed by atoms with van der Waals surface area (Å²) in [6.45, 7) is 1.06. The van der Waals surface area contributed by atoms with E-state index in [2.05, 4.69) is 9.38 Å². The first-order valence-electron chi connectivity index (χ1n) is 6.54. The summed E-state index contributed by atoms with van der Waals surface area (Å²) in [5, 5.41) is 9.85. The number of aromatic nitrogens is 1. The Kier molecular flexibility index (Phi) is 3.57. The van der Waals surface area contributed by atoms with E-state index in [0.717, 1.165) is 10.7 Å². The van der Waals surface area contributed by atoms with Crippen molar-refractivity contribution >= 4 is 21.9 Å². The summed E-state index contributed by atoms with van der Waals surface area (Å²) in [7, 11) is -1.30. The predicted octanol–water partition coefficient (Wildman–Crippen LogP) is 0.257. The van der Waals surface area contributed by atoms with Crippen LogP contribution in [0.3, 0.4) is 0 Å². The largest absolute Gasteiger partial charge is 0.492 e. The van der Waals surface area contributed by atoms with E-state index < -0.39 is 16.1 Å². The van der Waals surface area contributed by atoms with Crippen LogP contribution < -0.4 is 13.8 Å². The SMILES string of the molecule is COc1nc2c(cc1O[C@H]1CCOC1)C(O)=NS(=O)(=O)N2C. The molecule has 2 aliphatic rings. The summed E-state index contributed by atoms with van der Waals surface area (Å²) < 4.78 is 43.8. The van der Waals surface area contributed by atoms with Gasteiger partial charge in [-0.05, 0) is 0 Å². The molecule has 1 N–H and O–H groups in total. The molecule has 0 saturated carbocycles. The quantitative estimate of drug-likeness (QED) is 0.846. The molecule has 10 heteroatoms. The molecule has 1 saturated heterocycles. The lowest BCUT2D eigenvalue weighted by molar-refractivity contribution is 0.138. The van der Waals surface area contributed by atoms with Crippen molar-refractivity contribution in [3.8, 4) is 11.6 Å². The van der Waals surface area contributed by atoms with Gasteiger partial charge in [0.1, 0.15) is 6.10 Å². The van der Waals surface area contributed by atoms with Gasteiger partial charge in [0.2, 0.25) is 5.90 Å². The van der Waals surface area contributed by atoms with Crippen molar-refractivity contribution in [3.63, 3.8) is 0 Å². The zero-order valence-electron chi connectivity index (χ0n) is 12.0. The minimum Gasteiger partial charge on any atom is -0.492 e. The van der Waals surface area contributed by atoms with Gasteiger partial charge in [0.05, 0.1) is 25.9 Å². The molecular weight excluding hydrogens is 314 g/mol. The van der Waals surface area contributed by atoms with Gasteiger partial charge in [-0.3, -0.25) is 0 Å². The zero-order chi connectivity index (χ0) is 15.9. The topological polar surface area (TPSA) is 111 Å². The number of rotatable bonds is 3. The Labute approximate surface area is 127 Å². The summed E-state index contributed by atoms with van der Waals surface area (Å²) in [4.78, 5) is 4.12. The Hall–Kier alpha value is -2.07. The van der Waals surface area contributed by atoms with Gasteiger partial charge in [0, 0.05) is 19.5 Å². The Morgan fingerprint density at radius 2 is 2.27 bits per heavy atom. The fraction of sp³-hybridized carbons (Fsp3) is 0.500. The first-order chi connectivity index (χ1) is 10.4. The van der Waals surface area contributed by atoms with E-state index in [1.165, 1.54) is 20.2 Å². The molecule has 1 aromatic rings. The van der Waals surface area contributed by atoms with E-state index in [0.29, 0.717) is 19.0 Å². The van der Waals surface area contributed by atoms with E-state index in [1.807, 2.05) is 0 Å². The van der Waals surface area contributed by atoms with Crippen LogP contribution in [0.25, 0.3) is 0 Å². The zero-order valence-corrected chi connectivity index (χ0v) is 12.8. The number of methoxy groups -OCH3 is 1. The highest BCUT2D eigenvalue weighted by Crippen LogP contribution is 2.35. The van der Waals surface area contributed by atoms with Gasteiger partial charge < -0.3 is 19.3 Å². The number of hydrogen-bond acceptors (Lipinski definition) is 6. The molecule has 0 bridgehead atoms. The third kappa shape index (κ3) is 2.44. The van der Waals surface area contributed by atoms with Crippen molar-refractivity contribution in [2.75, 3.05) is 31.7 Å². The average Bonchev–Trinajstić information content (AvgIpc) is 2.97. The lowest BCUT2D eigenvalue weighted by Crippen LogP contribution is -2.32. The number of nitrogens with zero attached hydrogens (tertiary/aromatic N) is 3. The molecule has 9 nitrogen and oxygen atoms in total. The first-order valence-corrected chi connectivity index (χ1v) is 7.93. The molecule has 0 aliphatic carbocycles. The third-order valence-corrected chi connectivity index (χ3v) is 4.67. The summed E-state index contributed by atoms with van der Waals surface area (Å²) in [5.74, 6) is -0.177.